The Hall–Kier alpha value is -1.48. The normalized spacial score (nSPS) is 21.7. The monoisotopic (exact) mass is 395 g/mol. The highest BCUT2D eigenvalue weighted by atomic mass is 32.2. The number of rotatable bonds is 6. The molecule has 2 aliphatic heterocycles. The number of carbonyl (C=O) groups excluding carboxylic acids is 1. The number of nitrogens with one attached hydrogen (secondary N) is 1. The molecule has 150 valence electrons. The maximum absolute atomic E-state index is 12.8. The van der Waals surface area contributed by atoms with Crippen LogP contribution >= 0.6 is 0 Å². The van der Waals surface area contributed by atoms with Crippen LogP contribution in [0.3, 0.4) is 0 Å². The molecule has 8 heteroatoms. The highest BCUT2D eigenvalue weighted by Crippen LogP contribution is 2.30. The number of carbonyl (C=O) groups is 1. The highest BCUT2D eigenvalue weighted by Gasteiger charge is 2.40. The molecule has 7 nitrogen and oxygen atoms in total. The first-order valence-electron chi connectivity index (χ1n) is 9.56. The number of nitrogens with two attached hydrogens (primary N) is 1. The Bertz CT molecular complexity index is 725. The van der Waals surface area contributed by atoms with Crippen LogP contribution in [-0.2, 0) is 25.3 Å². The van der Waals surface area contributed by atoms with Crippen molar-refractivity contribution >= 4 is 15.9 Å². The van der Waals surface area contributed by atoms with Crippen molar-refractivity contribution in [2.45, 2.75) is 37.5 Å². The van der Waals surface area contributed by atoms with E-state index in [1.54, 1.807) is 0 Å². The molecule has 27 heavy (non-hydrogen) atoms. The Balaban J connectivity index is 1.53. The van der Waals surface area contributed by atoms with Crippen LogP contribution in [0.2, 0.25) is 0 Å². The molecule has 1 aromatic rings. The topological polar surface area (TPSA) is 102 Å². The van der Waals surface area contributed by atoms with Gasteiger partial charge in [0.2, 0.25) is 15.9 Å². The molecule has 2 aliphatic rings. The molecule has 0 aliphatic carbocycles. The van der Waals surface area contributed by atoms with E-state index in [2.05, 4.69) is 5.32 Å². The van der Waals surface area contributed by atoms with Crippen LogP contribution in [0.25, 0.3) is 0 Å². The second-order valence-corrected chi connectivity index (χ2v) is 9.45. The molecule has 1 aromatic carbocycles. The maximum atomic E-state index is 12.8. The van der Waals surface area contributed by atoms with Crippen LogP contribution in [0.4, 0.5) is 0 Å². The number of ether oxygens (including phenoxy) is 1. The van der Waals surface area contributed by atoms with E-state index in [1.807, 2.05) is 30.3 Å². The average molecular weight is 396 g/mol. The van der Waals surface area contributed by atoms with Gasteiger partial charge in [-0.2, -0.15) is 0 Å². The lowest BCUT2D eigenvalue weighted by Crippen LogP contribution is -2.54. The molecular weight excluding hydrogens is 366 g/mol. The van der Waals surface area contributed by atoms with E-state index in [-0.39, 0.29) is 17.7 Å². The largest absolute Gasteiger partial charge is 0.381 e. The number of benzene rings is 1. The number of hydrogen-bond donors (Lipinski definition) is 2. The second-order valence-electron chi connectivity index (χ2n) is 7.49. The minimum absolute atomic E-state index is 0.00746. The van der Waals surface area contributed by atoms with E-state index < -0.39 is 15.4 Å². The molecule has 2 fully saturated rings. The zero-order valence-corrected chi connectivity index (χ0v) is 16.4. The third kappa shape index (κ3) is 4.87. The van der Waals surface area contributed by atoms with Gasteiger partial charge in [0.05, 0.1) is 11.2 Å². The van der Waals surface area contributed by atoms with Crippen LogP contribution in [0.5, 0.6) is 0 Å². The highest BCUT2D eigenvalue weighted by molar-refractivity contribution is 7.88. The van der Waals surface area contributed by atoms with Crippen molar-refractivity contribution in [3.8, 4) is 0 Å². The zero-order chi connectivity index (χ0) is 19.3. The van der Waals surface area contributed by atoms with Crippen molar-refractivity contribution < 1.29 is 17.9 Å². The summed E-state index contributed by atoms with van der Waals surface area (Å²) >= 11 is 0. The van der Waals surface area contributed by atoms with Gasteiger partial charge in [0.1, 0.15) is 0 Å². The van der Waals surface area contributed by atoms with Gasteiger partial charge in [-0.3, -0.25) is 4.79 Å². The summed E-state index contributed by atoms with van der Waals surface area (Å²) in [4.78, 5) is 12.8. The van der Waals surface area contributed by atoms with Gasteiger partial charge in [-0.1, -0.05) is 30.3 Å². The summed E-state index contributed by atoms with van der Waals surface area (Å²) in [5, 5.41) is 3.11. The Morgan fingerprint density at radius 2 is 1.81 bits per heavy atom. The summed E-state index contributed by atoms with van der Waals surface area (Å²) in [5.41, 5.74) is 6.14. The van der Waals surface area contributed by atoms with E-state index in [1.165, 1.54) is 4.31 Å². The fraction of sp³-hybridized carbons (Fsp3) is 0.632. The van der Waals surface area contributed by atoms with Gasteiger partial charge >= 0.3 is 0 Å². The van der Waals surface area contributed by atoms with E-state index >= 15 is 0 Å². The molecule has 2 saturated heterocycles. The van der Waals surface area contributed by atoms with Crippen molar-refractivity contribution in [2.75, 3.05) is 32.8 Å². The van der Waals surface area contributed by atoms with Crippen LogP contribution in [-0.4, -0.2) is 57.5 Å². The minimum atomic E-state index is -3.34. The third-order valence-corrected chi connectivity index (χ3v) is 7.55. The van der Waals surface area contributed by atoms with Gasteiger partial charge in [-0.05, 0) is 31.2 Å². The average Bonchev–Trinajstić information content (AvgIpc) is 2.69. The lowest BCUT2D eigenvalue weighted by molar-refractivity contribution is -0.136. The van der Waals surface area contributed by atoms with Crippen molar-refractivity contribution in [3.05, 3.63) is 35.9 Å². The molecule has 0 unspecified atom stereocenters. The van der Waals surface area contributed by atoms with Crippen molar-refractivity contribution in [1.82, 2.24) is 9.62 Å². The summed E-state index contributed by atoms with van der Waals surface area (Å²) in [6.07, 6.45) is 2.52. The molecule has 3 rings (SSSR count). The van der Waals surface area contributed by atoms with E-state index in [0.717, 1.165) is 5.56 Å². The fourth-order valence-electron chi connectivity index (χ4n) is 3.78. The molecule has 0 atom stereocenters. The number of sulfonamides is 1. The molecule has 3 N–H and O–H groups in total. The molecule has 0 radical (unpaired) electrons. The van der Waals surface area contributed by atoms with Gasteiger partial charge in [0.15, 0.2) is 0 Å². The minimum Gasteiger partial charge on any atom is -0.381 e. The van der Waals surface area contributed by atoms with Crippen molar-refractivity contribution in [3.63, 3.8) is 0 Å². The predicted octanol–water partition coefficient (Wildman–Crippen LogP) is 0.853. The fourth-order valence-corrected chi connectivity index (χ4v) is 5.34. The van der Waals surface area contributed by atoms with Gasteiger partial charge < -0.3 is 15.8 Å². The SMILES string of the molecule is NCC1(C(=O)NC2CCN(S(=O)(=O)Cc3ccccc3)CC2)CCOCC1. The Labute approximate surface area is 161 Å². The number of amides is 1. The molecule has 0 spiro atoms. The van der Waals surface area contributed by atoms with Gasteiger partial charge in [-0.25, -0.2) is 12.7 Å². The summed E-state index contributed by atoms with van der Waals surface area (Å²) in [7, 11) is -3.34. The summed E-state index contributed by atoms with van der Waals surface area (Å²) in [5.74, 6) is 0.000116. The molecule has 0 aromatic heterocycles. The quantitative estimate of drug-likeness (QED) is 0.744. The van der Waals surface area contributed by atoms with Gasteiger partial charge in [0, 0.05) is 38.9 Å². The number of hydrogen-bond acceptors (Lipinski definition) is 5. The van der Waals surface area contributed by atoms with E-state index in [4.69, 9.17) is 10.5 Å². The smallest absolute Gasteiger partial charge is 0.227 e. The van der Waals surface area contributed by atoms with Gasteiger partial charge in [-0.15, -0.1) is 0 Å². The van der Waals surface area contributed by atoms with E-state index in [0.29, 0.717) is 58.5 Å². The van der Waals surface area contributed by atoms with Crippen molar-refractivity contribution in [2.24, 2.45) is 11.1 Å². The molecule has 0 bridgehead atoms. The Kier molecular flexibility index (Phi) is 6.52. The van der Waals surface area contributed by atoms with Crippen LogP contribution in [0, 0.1) is 5.41 Å². The van der Waals surface area contributed by atoms with Crippen LogP contribution in [0.1, 0.15) is 31.2 Å². The summed E-state index contributed by atoms with van der Waals surface area (Å²) in [6.45, 7) is 2.28. The van der Waals surface area contributed by atoms with Crippen LogP contribution < -0.4 is 11.1 Å². The first-order chi connectivity index (χ1) is 13.0. The second kappa shape index (κ2) is 8.68. The number of piperidine rings is 1. The first-order valence-corrected chi connectivity index (χ1v) is 11.2. The Morgan fingerprint density at radius 1 is 1.19 bits per heavy atom. The lowest BCUT2D eigenvalue weighted by atomic mass is 9.79. The predicted molar refractivity (Wildman–Crippen MR) is 103 cm³/mol. The molecule has 1 amide bonds. The Morgan fingerprint density at radius 3 is 2.41 bits per heavy atom. The molecular formula is C19H29N3O4S. The standard InChI is InChI=1S/C19H29N3O4S/c20-15-19(8-12-26-13-9-19)18(23)21-17-6-10-22(11-7-17)27(24,25)14-16-4-2-1-3-5-16/h1-5,17H,6-15,20H2,(H,21,23). The lowest BCUT2D eigenvalue weighted by Gasteiger charge is -2.37. The summed E-state index contributed by atoms with van der Waals surface area (Å²) in [6, 6.07) is 9.20. The maximum Gasteiger partial charge on any atom is 0.227 e. The molecule has 2 heterocycles. The third-order valence-electron chi connectivity index (χ3n) is 5.70. The van der Waals surface area contributed by atoms with Crippen LogP contribution in [0.15, 0.2) is 30.3 Å². The van der Waals surface area contributed by atoms with E-state index in [9.17, 15) is 13.2 Å². The van der Waals surface area contributed by atoms with Crippen molar-refractivity contribution in [1.29, 1.82) is 0 Å². The summed E-state index contributed by atoms with van der Waals surface area (Å²) < 4.78 is 32.2. The van der Waals surface area contributed by atoms with Gasteiger partial charge in [0.25, 0.3) is 0 Å². The first kappa shape index (κ1) is 20.3. The molecule has 0 saturated carbocycles. The zero-order valence-electron chi connectivity index (χ0n) is 15.6. The number of nitrogens with zero attached hydrogens (tertiary/aromatic N) is 1.